The minimum Gasteiger partial charge on any atom is -0.493 e. The molecular formula is C21H24N2O3. The molecular weight excluding hydrogens is 328 g/mol. The third kappa shape index (κ3) is 3.62. The Morgan fingerprint density at radius 1 is 1.04 bits per heavy atom. The predicted molar refractivity (Wildman–Crippen MR) is 99.8 cm³/mol. The van der Waals surface area contributed by atoms with E-state index in [-0.39, 0.29) is 6.03 Å². The van der Waals surface area contributed by atoms with Crippen LogP contribution in [0.2, 0.25) is 0 Å². The van der Waals surface area contributed by atoms with Crippen molar-refractivity contribution in [3.8, 4) is 11.5 Å². The Kier molecular flexibility index (Phi) is 4.95. The molecule has 2 aromatic rings. The molecule has 2 aliphatic rings. The number of benzene rings is 2. The standard InChI is InChI=1S/C21H24N2O3/c24-21(22-10-4-7-15-5-2-1-3-6-15)23-14-18-17-9-12-25-19(17)13-16-8-11-26-20(16)18/h1-3,5-6,13H,4,7-12,14H2,(H2,22,23,24). The maximum absolute atomic E-state index is 12.1. The van der Waals surface area contributed by atoms with Gasteiger partial charge in [0.05, 0.1) is 13.2 Å². The molecule has 5 heteroatoms. The fourth-order valence-electron chi connectivity index (χ4n) is 3.64. The van der Waals surface area contributed by atoms with Gasteiger partial charge in [-0.3, -0.25) is 0 Å². The molecule has 0 radical (unpaired) electrons. The van der Waals surface area contributed by atoms with Gasteiger partial charge in [0, 0.05) is 42.6 Å². The van der Waals surface area contributed by atoms with E-state index in [0.29, 0.717) is 26.3 Å². The molecule has 0 atom stereocenters. The summed E-state index contributed by atoms with van der Waals surface area (Å²) in [5.41, 5.74) is 4.73. The number of aryl methyl sites for hydroxylation is 1. The molecule has 136 valence electrons. The molecule has 0 bridgehead atoms. The molecule has 0 saturated carbocycles. The van der Waals surface area contributed by atoms with Gasteiger partial charge in [0.1, 0.15) is 11.5 Å². The van der Waals surface area contributed by atoms with Crippen molar-refractivity contribution in [2.24, 2.45) is 0 Å². The van der Waals surface area contributed by atoms with Crippen LogP contribution in [0.1, 0.15) is 28.7 Å². The van der Waals surface area contributed by atoms with E-state index in [1.54, 1.807) is 0 Å². The fraction of sp³-hybridized carbons (Fsp3) is 0.381. The first kappa shape index (κ1) is 16.8. The van der Waals surface area contributed by atoms with Gasteiger partial charge in [0.25, 0.3) is 0 Å². The first-order valence-corrected chi connectivity index (χ1v) is 9.30. The van der Waals surface area contributed by atoms with Crippen molar-refractivity contribution in [3.63, 3.8) is 0 Å². The van der Waals surface area contributed by atoms with E-state index in [0.717, 1.165) is 42.7 Å². The average molecular weight is 352 g/mol. The number of rotatable bonds is 6. The highest BCUT2D eigenvalue weighted by atomic mass is 16.5. The minimum absolute atomic E-state index is 0.138. The van der Waals surface area contributed by atoms with E-state index >= 15 is 0 Å². The topological polar surface area (TPSA) is 59.6 Å². The Bertz CT molecular complexity index is 757. The lowest BCUT2D eigenvalue weighted by Crippen LogP contribution is -2.36. The van der Waals surface area contributed by atoms with Crippen LogP contribution >= 0.6 is 0 Å². The number of carbonyl (C=O) groups excluding carboxylic acids is 1. The van der Waals surface area contributed by atoms with E-state index in [1.807, 2.05) is 18.2 Å². The monoisotopic (exact) mass is 352 g/mol. The van der Waals surface area contributed by atoms with Gasteiger partial charge in [-0.15, -0.1) is 0 Å². The van der Waals surface area contributed by atoms with Crippen LogP contribution in [-0.2, 0) is 25.8 Å². The van der Waals surface area contributed by atoms with Gasteiger partial charge >= 0.3 is 6.03 Å². The number of carbonyl (C=O) groups is 1. The van der Waals surface area contributed by atoms with Crippen molar-refractivity contribution in [3.05, 3.63) is 58.7 Å². The predicted octanol–water partition coefficient (Wildman–Crippen LogP) is 2.99. The van der Waals surface area contributed by atoms with Crippen molar-refractivity contribution < 1.29 is 14.3 Å². The van der Waals surface area contributed by atoms with Gasteiger partial charge in [-0.1, -0.05) is 30.3 Å². The van der Waals surface area contributed by atoms with Gasteiger partial charge in [0.2, 0.25) is 0 Å². The molecule has 0 aromatic heterocycles. The highest BCUT2D eigenvalue weighted by molar-refractivity contribution is 5.74. The molecule has 4 rings (SSSR count). The molecule has 2 aromatic carbocycles. The lowest BCUT2D eigenvalue weighted by molar-refractivity contribution is 0.240. The number of fused-ring (bicyclic) bond motifs is 2. The van der Waals surface area contributed by atoms with Crippen molar-refractivity contribution in [1.29, 1.82) is 0 Å². The van der Waals surface area contributed by atoms with Gasteiger partial charge in [-0.25, -0.2) is 4.79 Å². The quantitative estimate of drug-likeness (QED) is 0.786. The van der Waals surface area contributed by atoms with E-state index in [2.05, 4.69) is 28.8 Å². The summed E-state index contributed by atoms with van der Waals surface area (Å²) < 4.78 is 11.5. The van der Waals surface area contributed by atoms with Crippen LogP contribution in [0.15, 0.2) is 36.4 Å². The number of hydrogen-bond donors (Lipinski definition) is 2. The average Bonchev–Trinajstić information content (AvgIpc) is 3.32. The van der Waals surface area contributed by atoms with Crippen molar-refractivity contribution in [2.45, 2.75) is 32.2 Å². The fourth-order valence-corrected chi connectivity index (χ4v) is 3.64. The molecule has 0 aliphatic carbocycles. The van der Waals surface area contributed by atoms with Gasteiger partial charge in [-0.2, -0.15) is 0 Å². The summed E-state index contributed by atoms with van der Waals surface area (Å²) in [6, 6.07) is 12.3. The number of ether oxygens (including phenoxy) is 2. The highest BCUT2D eigenvalue weighted by Crippen LogP contribution is 2.40. The molecule has 2 heterocycles. The number of hydrogen-bond acceptors (Lipinski definition) is 3. The van der Waals surface area contributed by atoms with Crippen LogP contribution < -0.4 is 20.1 Å². The van der Waals surface area contributed by atoms with E-state index < -0.39 is 0 Å². The lowest BCUT2D eigenvalue weighted by atomic mass is 9.99. The molecule has 0 unspecified atom stereocenters. The molecule has 2 aliphatic heterocycles. The Morgan fingerprint density at radius 3 is 2.77 bits per heavy atom. The number of amides is 2. The second kappa shape index (κ2) is 7.68. The SMILES string of the molecule is O=C(NCCCc1ccccc1)NCc1c2c(cc3c1OCC3)OCC2. The number of nitrogens with one attached hydrogen (secondary N) is 2. The summed E-state index contributed by atoms with van der Waals surface area (Å²) in [5, 5.41) is 5.91. The highest BCUT2D eigenvalue weighted by Gasteiger charge is 2.26. The van der Waals surface area contributed by atoms with E-state index in [4.69, 9.17) is 9.47 Å². The van der Waals surface area contributed by atoms with E-state index in [9.17, 15) is 4.79 Å². The Hall–Kier alpha value is -2.69. The molecule has 0 fully saturated rings. The second-order valence-corrected chi connectivity index (χ2v) is 6.72. The smallest absolute Gasteiger partial charge is 0.315 e. The summed E-state index contributed by atoms with van der Waals surface area (Å²) in [6.45, 7) is 2.54. The van der Waals surface area contributed by atoms with E-state index in [1.165, 1.54) is 16.7 Å². The van der Waals surface area contributed by atoms with Crippen molar-refractivity contribution >= 4 is 6.03 Å². The van der Waals surface area contributed by atoms with Crippen LogP contribution in [0, 0.1) is 0 Å². The largest absolute Gasteiger partial charge is 0.493 e. The molecule has 26 heavy (non-hydrogen) atoms. The van der Waals surface area contributed by atoms with Crippen LogP contribution in [0.5, 0.6) is 11.5 Å². The summed E-state index contributed by atoms with van der Waals surface area (Å²) in [4.78, 5) is 12.1. The summed E-state index contributed by atoms with van der Waals surface area (Å²) in [6.07, 6.45) is 3.67. The first-order valence-electron chi connectivity index (χ1n) is 9.30. The number of urea groups is 1. The summed E-state index contributed by atoms with van der Waals surface area (Å²) in [5.74, 6) is 1.90. The van der Waals surface area contributed by atoms with Crippen LogP contribution in [-0.4, -0.2) is 25.8 Å². The zero-order valence-corrected chi connectivity index (χ0v) is 14.8. The minimum atomic E-state index is -0.138. The second-order valence-electron chi connectivity index (χ2n) is 6.72. The Balaban J connectivity index is 1.29. The van der Waals surface area contributed by atoms with Crippen molar-refractivity contribution in [1.82, 2.24) is 10.6 Å². The van der Waals surface area contributed by atoms with Crippen LogP contribution in [0.25, 0.3) is 0 Å². The Labute approximate surface area is 153 Å². The Morgan fingerprint density at radius 2 is 1.88 bits per heavy atom. The van der Waals surface area contributed by atoms with Gasteiger partial charge < -0.3 is 20.1 Å². The first-order chi connectivity index (χ1) is 12.8. The van der Waals surface area contributed by atoms with Crippen LogP contribution in [0.3, 0.4) is 0 Å². The zero-order valence-electron chi connectivity index (χ0n) is 14.8. The third-order valence-corrected chi connectivity index (χ3v) is 4.96. The maximum atomic E-state index is 12.1. The molecule has 2 N–H and O–H groups in total. The third-order valence-electron chi connectivity index (χ3n) is 4.96. The van der Waals surface area contributed by atoms with Gasteiger partial charge in [0.15, 0.2) is 0 Å². The molecule has 0 saturated heterocycles. The maximum Gasteiger partial charge on any atom is 0.315 e. The zero-order chi connectivity index (χ0) is 17.8. The normalized spacial score (nSPS) is 14.2. The van der Waals surface area contributed by atoms with Gasteiger partial charge in [-0.05, 0) is 24.5 Å². The molecule has 0 spiro atoms. The molecule has 2 amide bonds. The summed E-state index contributed by atoms with van der Waals surface area (Å²) >= 11 is 0. The van der Waals surface area contributed by atoms with Crippen LogP contribution in [0.4, 0.5) is 4.79 Å². The molecule has 5 nitrogen and oxygen atoms in total. The summed E-state index contributed by atoms with van der Waals surface area (Å²) in [7, 11) is 0. The lowest BCUT2D eigenvalue weighted by Gasteiger charge is -2.14. The van der Waals surface area contributed by atoms with Crippen molar-refractivity contribution in [2.75, 3.05) is 19.8 Å².